The maximum absolute atomic E-state index is 11.3. The van der Waals surface area contributed by atoms with Gasteiger partial charge in [-0.2, -0.15) is 0 Å². The van der Waals surface area contributed by atoms with Gasteiger partial charge in [-0.3, -0.25) is 5.11 Å². The van der Waals surface area contributed by atoms with Crippen LogP contribution in [0.15, 0.2) is 34.7 Å². The summed E-state index contributed by atoms with van der Waals surface area (Å²) in [6.45, 7) is 0. The van der Waals surface area contributed by atoms with Crippen LogP contribution >= 0.6 is 34.8 Å². The van der Waals surface area contributed by atoms with Crippen LogP contribution < -0.4 is 0 Å². The van der Waals surface area contributed by atoms with Crippen LogP contribution in [0.25, 0.3) is 22.6 Å². The highest BCUT2D eigenvalue weighted by atomic mass is 35.5. The van der Waals surface area contributed by atoms with Gasteiger partial charge in [0.2, 0.25) is 5.89 Å². The summed E-state index contributed by atoms with van der Waals surface area (Å²) in [7, 11) is 0. The molecule has 0 spiro atoms. The van der Waals surface area contributed by atoms with Gasteiger partial charge in [-0.05, 0) is 24.3 Å². The lowest BCUT2D eigenvalue weighted by atomic mass is 10.2. The van der Waals surface area contributed by atoms with Gasteiger partial charge in [-0.25, -0.2) is 4.98 Å². The number of hydrogen-bond donors (Lipinski definition) is 0. The van der Waals surface area contributed by atoms with Gasteiger partial charge in [0.05, 0.1) is 15.6 Å². The van der Waals surface area contributed by atoms with Crippen molar-refractivity contribution in [3.8, 4) is 17.2 Å². The SMILES string of the molecule is [O]c1ccc2oc(-c3c(Cl)cc(Cl)cc3Cl)nc2c1. The molecule has 0 saturated heterocycles. The summed E-state index contributed by atoms with van der Waals surface area (Å²) in [6, 6.07) is 7.46. The number of oxazole rings is 1. The molecule has 0 fully saturated rings. The summed E-state index contributed by atoms with van der Waals surface area (Å²) in [4.78, 5) is 4.22. The minimum absolute atomic E-state index is 0.138. The Morgan fingerprint density at radius 1 is 1.00 bits per heavy atom. The molecule has 3 nitrogen and oxygen atoms in total. The monoisotopic (exact) mass is 312 g/mol. The largest absolute Gasteiger partial charge is 0.436 e. The van der Waals surface area contributed by atoms with Crippen LogP contribution in [-0.2, 0) is 5.11 Å². The van der Waals surface area contributed by atoms with Gasteiger partial charge in [0.25, 0.3) is 0 Å². The van der Waals surface area contributed by atoms with Crippen molar-refractivity contribution >= 4 is 45.9 Å². The molecule has 1 heterocycles. The summed E-state index contributed by atoms with van der Waals surface area (Å²) < 4.78 is 5.55. The van der Waals surface area contributed by atoms with E-state index in [0.29, 0.717) is 31.7 Å². The fourth-order valence-electron chi connectivity index (χ4n) is 1.76. The molecule has 0 atom stereocenters. The predicted molar refractivity (Wildman–Crippen MR) is 74.6 cm³/mol. The smallest absolute Gasteiger partial charge is 0.230 e. The maximum Gasteiger partial charge on any atom is 0.230 e. The minimum Gasteiger partial charge on any atom is -0.436 e. The summed E-state index contributed by atoms with van der Waals surface area (Å²) in [6.07, 6.45) is 0. The van der Waals surface area contributed by atoms with Crippen molar-refractivity contribution in [3.05, 3.63) is 45.4 Å². The first-order valence-corrected chi connectivity index (χ1v) is 6.40. The van der Waals surface area contributed by atoms with Crippen LogP contribution in [0.4, 0.5) is 0 Å². The molecule has 1 radical (unpaired) electrons. The van der Waals surface area contributed by atoms with Crippen LogP contribution in [-0.4, -0.2) is 4.98 Å². The number of aromatic nitrogens is 1. The Morgan fingerprint density at radius 3 is 2.37 bits per heavy atom. The predicted octanol–water partition coefficient (Wildman–Crippen LogP) is 5.60. The quantitative estimate of drug-likeness (QED) is 0.587. The lowest BCUT2D eigenvalue weighted by Crippen LogP contribution is -1.82. The van der Waals surface area contributed by atoms with Gasteiger partial charge in [0.15, 0.2) is 11.3 Å². The van der Waals surface area contributed by atoms with Gasteiger partial charge in [0, 0.05) is 11.1 Å². The molecule has 95 valence electrons. The third-order valence-corrected chi connectivity index (χ3v) is 3.39. The number of fused-ring (bicyclic) bond motifs is 1. The second-order valence-corrected chi connectivity index (χ2v) is 5.14. The second kappa shape index (κ2) is 4.60. The Balaban J connectivity index is 2.24. The van der Waals surface area contributed by atoms with Crippen molar-refractivity contribution in [1.82, 2.24) is 4.98 Å². The zero-order chi connectivity index (χ0) is 13.6. The Labute approximate surface area is 123 Å². The van der Waals surface area contributed by atoms with E-state index in [-0.39, 0.29) is 11.6 Å². The van der Waals surface area contributed by atoms with E-state index in [4.69, 9.17) is 39.2 Å². The molecule has 0 bridgehead atoms. The second-order valence-electron chi connectivity index (χ2n) is 3.89. The van der Waals surface area contributed by atoms with Crippen LogP contribution in [0.1, 0.15) is 0 Å². The molecule has 3 rings (SSSR count). The molecule has 0 N–H and O–H groups in total. The van der Waals surface area contributed by atoms with E-state index in [9.17, 15) is 5.11 Å². The highest BCUT2D eigenvalue weighted by molar-refractivity contribution is 6.41. The molecular weight excluding hydrogens is 309 g/mol. The van der Waals surface area contributed by atoms with E-state index in [1.54, 1.807) is 18.2 Å². The normalized spacial score (nSPS) is 11.1. The molecule has 0 aliphatic rings. The maximum atomic E-state index is 11.3. The first kappa shape index (κ1) is 12.6. The van der Waals surface area contributed by atoms with Gasteiger partial charge in [0.1, 0.15) is 5.52 Å². The molecule has 0 aliphatic heterocycles. The topological polar surface area (TPSA) is 45.9 Å². The van der Waals surface area contributed by atoms with Gasteiger partial charge in [-0.15, -0.1) is 0 Å². The third kappa shape index (κ3) is 2.25. The first-order valence-electron chi connectivity index (χ1n) is 5.27. The van der Waals surface area contributed by atoms with E-state index in [2.05, 4.69) is 4.98 Å². The van der Waals surface area contributed by atoms with Gasteiger partial charge in [-0.1, -0.05) is 34.8 Å². The number of benzene rings is 2. The Kier molecular flexibility index (Phi) is 3.05. The Hall–Kier alpha value is -1.42. The van der Waals surface area contributed by atoms with Gasteiger partial charge >= 0.3 is 0 Å². The molecule has 0 amide bonds. The number of hydrogen-bond acceptors (Lipinski definition) is 2. The molecule has 19 heavy (non-hydrogen) atoms. The van der Waals surface area contributed by atoms with E-state index in [1.807, 2.05) is 0 Å². The van der Waals surface area contributed by atoms with Crippen molar-refractivity contribution in [3.63, 3.8) is 0 Å². The highest BCUT2D eigenvalue weighted by Crippen LogP contribution is 2.38. The van der Waals surface area contributed by atoms with Crippen LogP contribution in [0.2, 0.25) is 15.1 Å². The van der Waals surface area contributed by atoms with E-state index >= 15 is 0 Å². The Morgan fingerprint density at radius 2 is 1.68 bits per heavy atom. The van der Waals surface area contributed by atoms with Gasteiger partial charge < -0.3 is 4.42 Å². The van der Waals surface area contributed by atoms with Crippen LogP contribution in [0, 0.1) is 0 Å². The zero-order valence-electron chi connectivity index (χ0n) is 9.28. The van der Waals surface area contributed by atoms with E-state index in [1.165, 1.54) is 12.1 Å². The molecule has 2 aromatic carbocycles. The molecule has 6 heteroatoms. The van der Waals surface area contributed by atoms with Crippen LogP contribution in [0.3, 0.4) is 0 Å². The zero-order valence-corrected chi connectivity index (χ0v) is 11.6. The molecular formula is C13H5Cl3NO2. The summed E-state index contributed by atoms with van der Waals surface area (Å²) in [5.41, 5.74) is 1.41. The highest BCUT2D eigenvalue weighted by Gasteiger charge is 2.16. The average Bonchev–Trinajstić information content (AvgIpc) is 2.69. The lowest BCUT2D eigenvalue weighted by Gasteiger charge is -2.03. The molecule has 0 aliphatic carbocycles. The average molecular weight is 314 g/mol. The molecule has 0 saturated carbocycles. The molecule has 0 unspecified atom stereocenters. The van der Waals surface area contributed by atoms with Crippen molar-refractivity contribution < 1.29 is 9.52 Å². The van der Waals surface area contributed by atoms with Crippen molar-refractivity contribution in [2.45, 2.75) is 0 Å². The summed E-state index contributed by atoms with van der Waals surface area (Å²) in [5, 5.41) is 12.4. The number of rotatable bonds is 1. The number of halogens is 3. The minimum atomic E-state index is -0.138. The first-order chi connectivity index (χ1) is 9.04. The standard InChI is InChI=1S/C13H5Cl3NO2/c14-6-3-8(15)12(9(16)4-6)13-17-10-5-7(18)1-2-11(10)19-13/h1-5H. The van der Waals surface area contributed by atoms with Crippen molar-refractivity contribution in [1.29, 1.82) is 0 Å². The Bertz CT molecular complexity index is 760. The fourth-order valence-corrected chi connectivity index (χ4v) is 2.74. The summed E-state index contributed by atoms with van der Waals surface area (Å²) >= 11 is 18.0. The van der Waals surface area contributed by atoms with Crippen molar-refractivity contribution in [2.75, 3.05) is 0 Å². The molecule has 1 aromatic heterocycles. The lowest BCUT2D eigenvalue weighted by molar-refractivity contribution is 0.355. The molecule has 3 aromatic rings. The number of nitrogens with zero attached hydrogens (tertiary/aromatic N) is 1. The third-order valence-electron chi connectivity index (χ3n) is 2.58. The van der Waals surface area contributed by atoms with E-state index in [0.717, 1.165) is 0 Å². The van der Waals surface area contributed by atoms with Crippen molar-refractivity contribution in [2.24, 2.45) is 0 Å². The van der Waals surface area contributed by atoms with E-state index < -0.39 is 0 Å². The van der Waals surface area contributed by atoms with Crippen LogP contribution in [0.5, 0.6) is 5.75 Å². The summed E-state index contributed by atoms with van der Waals surface area (Å²) in [5.74, 6) is 0.118. The fraction of sp³-hybridized carbons (Fsp3) is 0.